The summed E-state index contributed by atoms with van der Waals surface area (Å²) >= 11 is 0. The van der Waals surface area contributed by atoms with E-state index in [2.05, 4.69) is 30.3 Å². The molecule has 2 rings (SSSR count). The molecule has 2 unspecified atom stereocenters. The van der Waals surface area contributed by atoms with Gasteiger partial charge in [0.2, 0.25) is 0 Å². The summed E-state index contributed by atoms with van der Waals surface area (Å²) in [6.45, 7) is 4.31. The van der Waals surface area contributed by atoms with Crippen LogP contribution in [-0.2, 0) is 6.54 Å². The van der Waals surface area contributed by atoms with Crippen LogP contribution in [0.3, 0.4) is 0 Å². The van der Waals surface area contributed by atoms with Crippen LogP contribution in [0.1, 0.15) is 25.3 Å². The van der Waals surface area contributed by atoms with Gasteiger partial charge < -0.3 is 15.0 Å². The fraction of sp³-hybridized carbons (Fsp3) is 0.562. The van der Waals surface area contributed by atoms with E-state index < -0.39 is 0 Å². The molecule has 0 saturated carbocycles. The van der Waals surface area contributed by atoms with Gasteiger partial charge in [0.25, 0.3) is 0 Å². The Morgan fingerprint density at radius 3 is 3.00 bits per heavy atom. The molecule has 20 heavy (non-hydrogen) atoms. The summed E-state index contributed by atoms with van der Waals surface area (Å²) in [5.74, 6) is 0.808. The van der Waals surface area contributed by atoms with Crippen molar-refractivity contribution < 1.29 is 4.74 Å². The first-order valence-corrected chi connectivity index (χ1v) is 7.22. The van der Waals surface area contributed by atoms with Crippen LogP contribution in [0.4, 0.5) is 0 Å². The van der Waals surface area contributed by atoms with E-state index >= 15 is 0 Å². The number of nitrogens with zero attached hydrogens (tertiary/aromatic N) is 2. The molecule has 1 aliphatic heterocycles. The van der Waals surface area contributed by atoms with E-state index in [0.29, 0.717) is 12.1 Å². The Bertz CT molecular complexity index is 469. The monoisotopic (exact) mass is 273 g/mol. The molecule has 0 radical (unpaired) electrons. The van der Waals surface area contributed by atoms with Crippen LogP contribution < -0.4 is 10.1 Å². The molecule has 1 saturated heterocycles. The number of benzene rings is 1. The van der Waals surface area contributed by atoms with Crippen molar-refractivity contribution in [3.8, 4) is 11.8 Å². The zero-order chi connectivity index (χ0) is 14.4. The van der Waals surface area contributed by atoms with Crippen LogP contribution in [0, 0.1) is 11.3 Å². The van der Waals surface area contributed by atoms with E-state index in [4.69, 9.17) is 10.00 Å². The predicted octanol–water partition coefficient (Wildman–Crippen LogP) is 2.16. The smallest absolute Gasteiger partial charge is 0.174 e. The number of nitrogens with one attached hydrogen (secondary N) is 1. The molecule has 0 spiro atoms. The second kappa shape index (κ2) is 7.28. The molecular weight excluding hydrogens is 250 g/mol. The molecule has 0 aromatic heterocycles. The SMILES string of the molecule is CC1CC(NCc2ccccc2OCC#N)CCN1C. The zero-order valence-corrected chi connectivity index (χ0v) is 12.3. The maximum atomic E-state index is 8.61. The van der Waals surface area contributed by atoms with E-state index in [9.17, 15) is 0 Å². The minimum absolute atomic E-state index is 0.0995. The molecule has 108 valence electrons. The fourth-order valence-corrected chi connectivity index (χ4v) is 2.63. The summed E-state index contributed by atoms with van der Waals surface area (Å²) in [5, 5.41) is 12.2. The van der Waals surface area contributed by atoms with Gasteiger partial charge in [0, 0.05) is 24.2 Å². The summed E-state index contributed by atoms with van der Waals surface area (Å²) in [7, 11) is 2.19. The largest absolute Gasteiger partial charge is 0.478 e. The minimum Gasteiger partial charge on any atom is -0.478 e. The number of para-hydroxylation sites is 1. The Morgan fingerprint density at radius 1 is 1.45 bits per heavy atom. The maximum absolute atomic E-state index is 8.61. The van der Waals surface area contributed by atoms with Crippen molar-refractivity contribution in [2.75, 3.05) is 20.2 Å². The third kappa shape index (κ3) is 3.96. The first-order chi connectivity index (χ1) is 9.70. The first kappa shape index (κ1) is 14.8. The lowest BCUT2D eigenvalue weighted by molar-refractivity contribution is 0.168. The number of piperidine rings is 1. The van der Waals surface area contributed by atoms with Gasteiger partial charge in [-0.25, -0.2) is 0 Å². The lowest BCUT2D eigenvalue weighted by Gasteiger charge is -2.35. The lowest BCUT2D eigenvalue weighted by Crippen LogP contribution is -2.45. The van der Waals surface area contributed by atoms with Crippen molar-refractivity contribution >= 4 is 0 Å². The minimum atomic E-state index is 0.0995. The second-order valence-electron chi connectivity index (χ2n) is 5.49. The van der Waals surface area contributed by atoms with Gasteiger partial charge in [-0.1, -0.05) is 18.2 Å². The molecule has 1 heterocycles. The van der Waals surface area contributed by atoms with Crippen molar-refractivity contribution in [2.24, 2.45) is 0 Å². The highest BCUT2D eigenvalue weighted by Gasteiger charge is 2.22. The number of hydrogen-bond acceptors (Lipinski definition) is 4. The van der Waals surface area contributed by atoms with Gasteiger partial charge in [0.15, 0.2) is 6.61 Å². The first-order valence-electron chi connectivity index (χ1n) is 7.22. The van der Waals surface area contributed by atoms with E-state index in [0.717, 1.165) is 24.4 Å². The van der Waals surface area contributed by atoms with Gasteiger partial charge in [-0.05, 0) is 39.4 Å². The van der Waals surface area contributed by atoms with E-state index in [1.165, 1.54) is 12.8 Å². The van der Waals surface area contributed by atoms with Gasteiger partial charge in [-0.2, -0.15) is 5.26 Å². The standard InChI is InChI=1S/C16H23N3O/c1-13-11-15(7-9-19(13)2)18-12-14-5-3-4-6-16(14)20-10-8-17/h3-6,13,15,18H,7,9-12H2,1-2H3. The molecule has 1 aromatic carbocycles. The Morgan fingerprint density at radius 2 is 2.25 bits per heavy atom. The lowest BCUT2D eigenvalue weighted by atomic mass is 9.98. The predicted molar refractivity (Wildman–Crippen MR) is 79.5 cm³/mol. The Balaban J connectivity index is 1.89. The van der Waals surface area contributed by atoms with Crippen molar-refractivity contribution in [1.82, 2.24) is 10.2 Å². The molecule has 4 heteroatoms. The highest BCUT2D eigenvalue weighted by Crippen LogP contribution is 2.20. The number of rotatable bonds is 5. The van der Waals surface area contributed by atoms with Gasteiger partial charge in [0.1, 0.15) is 11.8 Å². The quantitative estimate of drug-likeness (QED) is 0.893. The van der Waals surface area contributed by atoms with E-state index in [-0.39, 0.29) is 6.61 Å². The average molecular weight is 273 g/mol. The van der Waals surface area contributed by atoms with Gasteiger partial charge in [-0.15, -0.1) is 0 Å². The molecule has 1 fully saturated rings. The van der Waals surface area contributed by atoms with Crippen LogP contribution in [0.5, 0.6) is 5.75 Å². The van der Waals surface area contributed by atoms with Crippen molar-refractivity contribution in [1.29, 1.82) is 5.26 Å². The molecular formula is C16H23N3O. The van der Waals surface area contributed by atoms with Crippen molar-refractivity contribution in [3.63, 3.8) is 0 Å². The highest BCUT2D eigenvalue weighted by atomic mass is 16.5. The molecule has 1 aliphatic rings. The molecule has 0 amide bonds. The van der Waals surface area contributed by atoms with Crippen molar-refractivity contribution in [3.05, 3.63) is 29.8 Å². The number of likely N-dealkylation sites (tertiary alicyclic amines) is 1. The Labute approximate surface area is 121 Å². The number of nitriles is 1. The summed E-state index contributed by atoms with van der Waals surface area (Å²) in [5.41, 5.74) is 1.12. The summed E-state index contributed by atoms with van der Waals surface area (Å²) < 4.78 is 5.46. The van der Waals surface area contributed by atoms with Gasteiger partial charge in [0.05, 0.1) is 0 Å². The zero-order valence-electron chi connectivity index (χ0n) is 12.3. The molecule has 4 nitrogen and oxygen atoms in total. The Hall–Kier alpha value is -1.57. The van der Waals surface area contributed by atoms with Gasteiger partial charge in [-0.3, -0.25) is 0 Å². The fourth-order valence-electron chi connectivity index (χ4n) is 2.63. The third-order valence-electron chi connectivity index (χ3n) is 4.05. The summed E-state index contributed by atoms with van der Waals surface area (Å²) in [4.78, 5) is 2.40. The topological polar surface area (TPSA) is 48.3 Å². The van der Waals surface area contributed by atoms with Crippen LogP contribution in [0.2, 0.25) is 0 Å². The molecule has 1 N–H and O–H groups in total. The van der Waals surface area contributed by atoms with Crippen LogP contribution >= 0.6 is 0 Å². The molecule has 0 aliphatic carbocycles. The molecule has 2 atom stereocenters. The number of hydrogen-bond donors (Lipinski definition) is 1. The van der Waals surface area contributed by atoms with Gasteiger partial charge >= 0.3 is 0 Å². The van der Waals surface area contributed by atoms with Crippen LogP contribution in [0.25, 0.3) is 0 Å². The molecule has 0 bridgehead atoms. The highest BCUT2D eigenvalue weighted by molar-refractivity contribution is 5.33. The van der Waals surface area contributed by atoms with Crippen molar-refractivity contribution in [2.45, 2.75) is 38.4 Å². The maximum Gasteiger partial charge on any atom is 0.174 e. The Kier molecular flexibility index (Phi) is 5.40. The van der Waals surface area contributed by atoms with Crippen LogP contribution in [-0.4, -0.2) is 37.2 Å². The van der Waals surface area contributed by atoms with E-state index in [1.54, 1.807) is 0 Å². The molecule has 1 aromatic rings. The van der Waals surface area contributed by atoms with E-state index in [1.807, 2.05) is 24.3 Å². The second-order valence-corrected chi connectivity index (χ2v) is 5.49. The third-order valence-corrected chi connectivity index (χ3v) is 4.05. The number of ether oxygens (including phenoxy) is 1. The average Bonchev–Trinajstić information content (AvgIpc) is 2.47. The van der Waals surface area contributed by atoms with Crippen LogP contribution in [0.15, 0.2) is 24.3 Å². The normalized spacial score (nSPS) is 23.2. The summed E-state index contributed by atoms with van der Waals surface area (Å²) in [6, 6.07) is 11.1. The summed E-state index contributed by atoms with van der Waals surface area (Å²) in [6.07, 6.45) is 2.36.